The third kappa shape index (κ3) is 2.51. The molecular formula is C13H16N4O. The molecule has 94 valence electrons. The predicted octanol–water partition coefficient (Wildman–Crippen LogP) is 1.74. The Bertz CT molecular complexity index is 537. The van der Waals surface area contributed by atoms with Crippen LogP contribution in [0.25, 0.3) is 0 Å². The molecule has 0 aliphatic heterocycles. The summed E-state index contributed by atoms with van der Waals surface area (Å²) >= 11 is 0. The van der Waals surface area contributed by atoms with E-state index < -0.39 is 5.91 Å². The topological polar surface area (TPSA) is 83.8 Å². The zero-order valence-electron chi connectivity index (χ0n) is 10.4. The minimum atomic E-state index is -0.414. The number of carbonyl (C=O) groups is 1. The Hall–Kier alpha value is -2.30. The van der Waals surface area contributed by atoms with Gasteiger partial charge in [0.25, 0.3) is 0 Å². The number of nitrogens with two attached hydrogens (primary N) is 1. The van der Waals surface area contributed by atoms with Gasteiger partial charge >= 0.3 is 0 Å². The lowest BCUT2D eigenvalue weighted by atomic mass is 10.1. The molecule has 0 saturated carbocycles. The first kappa shape index (κ1) is 12.2. The number of nitrogens with zero attached hydrogens (tertiary/aromatic N) is 1. The lowest BCUT2D eigenvalue weighted by Crippen LogP contribution is -2.10. The van der Waals surface area contributed by atoms with Crippen LogP contribution in [-0.4, -0.2) is 16.1 Å². The van der Waals surface area contributed by atoms with Gasteiger partial charge in [-0.15, -0.1) is 0 Å². The summed E-state index contributed by atoms with van der Waals surface area (Å²) in [5.74, 6) is -0.414. The van der Waals surface area contributed by atoms with Gasteiger partial charge in [-0.2, -0.15) is 5.10 Å². The van der Waals surface area contributed by atoms with E-state index in [1.165, 1.54) is 0 Å². The van der Waals surface area contributed by atoms with Gasteiger partial charge in [0.05, 0.1) is 5.69 Å². The number of H-pyrrole nitrogens is 1. The molecule has 1 aromatic carbocycles. The second-order valence-electron chi connectivity index (χ2n) is 4.21. The maximum Gasteiger partial charge on any atom is 0.248 e. The van der Waals surface area contributed by atoms with Gasteiger partial charge in [-0.25, -0.2) is 0 Å². The average molecular weight is 244 g/mol. The summed E-state index contributed by atoms with van der Waals surface area (Å²) in [5.41, 5.74) is 9.86. The molecule has 0 fully saturated rings. The first-order valence-corrected chi connectivity index (χ1v) is 5.72. The number of nitrogens with one attached hydrogen (secondary N) is 2. The second-order valence-corrected chi connectivity index (χ2v) is 4.21. The molecule has 1 heterocycles. The highest BCUT2D eigenvalue weighted by Gasteiger charge is 2.06. The molecule has 2 aromatic rings. The van der Waals surface area contributed by atoms with E-state index in [2.05, 4.69) is 15.5 Å². The van der Waals surface area contributed by atoms with E-state index in [9.17, 15) is 4.79 Å². The van der Waals surface area contributed by atoms with Crippen LogP contribution in [-0.2, 0) is 6.54 Å². The van der Waals surface area contributed by atoms with Crippen LogP contribution in [0, 0.1) is 13.8 Å². The van der Waals surface area contributed by atoms with E-state index in [1.54, 1.807) is 12.1 Å². The molecule has 0 aliphatic carbocycles. The zero-order valence-corrected chi connectivity index (χ0v) is 10.4. The summed E-state index contributed by atoms with van der Waals surface area (Å²) in [6.45, 7) is 4.66. The van der Waals surface area contributed by atoms with Crippen molar-refractivity contribution in [3.05, 3.63) is 46.8 Å². The lowest BCUT2D eigenvalue weighted by Gasteiger charge is -2.07. The predicted molar refractivity (Wildman–Crippen MR) is 70.3 cm³/mol. The molecule has 18 heavy (non-hydrogen) atoms. The Kier molecular flexibility index (Phi) is 3.32. The summed E-state index contributed by atoms with van der Waals surface area (Å²) in [5, 5.41) is 10.4. The van der Waals surface area contributed by atoms with Gasteiger partial charge in [0.2, 0.25) is 5.91 Å². The Morgan fingerprint density at radius 1 is 1.33 bits per heavy atom. The van der Waals surface area contributed by atoms with Crippen LogP contribution in [0.5, 0.6) is 0 Å². The number of hydrogen-bond donors (Lipinski definition) is 3. The number of primary amides is 1. The van der Waals surface area contributed by atoms with Crippen LogP contribution >= 0.6 is 0 Å². The van der Waals surface area contributed by atoms with Gasteiger partial charge in [0, 0.05) is 29.1 Å². The molecule has 5 heteroatoms. The number of amides is 1. The summed E-state index contributed by atoms with van der Waals surface area (Å²) < 4.78 is 0. The minimum absolute atomic E-state index is 0.414. The fourth-order valence-electron chi connectivity index (χ4n) is 1.78. The molecule has 4 N–H and O–H groups in total. The van der Waals surface area contributed by atoms with E-state index in [0.717, 1.165) is 22.6 Å². The molecule has 1 aromatic heterocycles. The lowest BCUT2D eigenvalue weighted by molar-refractivity contribution is 0.100. The first-order valence-electron chi connectivity index (χ1n) is 5.72. The van der Waals surface area contributed by atoms with Crippen LogP contribution in [0.2, 0.25) is 0 Å². The van der Waals surface area contributed by atoms with Crippen molar-refractivity contribution in [3.63, 3.8) is 0 Å². The van der Waals surface area contributed by atoms with Crippen molar-refractivity contribution in [2.75, 3.05) is 5.32 Å². The van der Waals surface area contributed by atoms with Gasteiger partial charge in [0.1, 0.15) is 0 Å². The molecule has 0 unspecified atom stereocenters. The zero-order chi connectivity index (χ0) is 13.1. The minimum Gasteiger partial charge on any atom is -0.381 e. The molecule has 0 atom stereocenters. The Balaban J connectivity index is 2.04. The van der Waals surface area contributed by atoms with Crippen molar-refractivity contribution < 1.29 is 4.79 Å². The maximum atomic E-state index is 10.9. The quantitative estimate of drug-likeness (QED) is 0.766. The highest BCUT2D eigenvalue weighted by Crippen LogP contribution is 2.14. The summed E-state index contributed by atoms with van der Waals surface area (Å²) in [6.07, 6.45) is 0. The fraction of sp³-hybridized carbons (Fsp3) is 0.231. The molecule has 0 radical (unpaired) electrons. The van der Waals surface area contributed by atoms with E-state index in [-0.39, 0.29) is 0 Å². The average Bonchev–Trinajstić information content (AvgIpc) is 2.67. The molecule has 0 aliphatic rings. The summed E-state index contributed by atoms with van der Waals surface area (Å²) in [7, 11) is 0. The smallest absolute Gasteiger partial charge is 0.248 e. The summed E-state index contributed by atoms with van der Waals surface area (Å²) in [4.78, 5) is 10.9. The molecular weight excluding hydrogens is 228 g/mol. The van der Waals surface area contributed by atoms with Crippen LogP contribution < -0.4 is 11.1 Å². The van der Waals surface area contributed by atoms with E-state index in [4.69, 9.17) is 5.73 Å². The normalized spacial score (nSPS) is 10.3. The van der Waals surface area contributed by atoms with Crippen LogP contribution in [0.3, 0.4) is 0 Å². The van der Waals surface area contributed by atoms with Gasteiger partial charge in [-0.3, -0.25) is 9.89 Å². The molecule has 2 rings (SSSR count). The van der Waals surface area contributed by atoms with Crippen molar-refractivity contribution in [3.8, 4) is 0 Å². The third-order valence-electron chi connectivity index (χ3n) is 2.92. The molecule has 0 bridgehead atoms. The monoisotopic (exact) mass is 244 g/mol. The Morgan fingerprint density at radius 2 is 2.00 bits per heavy atom. The van der Waals surface area contributed by atoms with E-state index >= 15 is 0 Å². The number of benzene rings is 1. The number of hydrogen-bond acceptors (Lipinski definition) is 3. The first-order chi connectivity index (χ1) is 8.58. The Morgan fingerprint density at radius 3 is 2.50 bits per heavy atom. The van der Waals surface area contributed by atoms with Crippen LogP contribution in [0.4, 0.5) is 5.69 Å². The highest BCUT2D eigenvalue weighted by molar-refractivity contribution is 5.93. The molecule has 1 amide bonds. The number of aryl methyl sites for hydroxylation is 2. The fourth-order valence-corrected chi connectivity index (χ4v) is 1.78. The van der Waals surface area contributed by atoms with Crippen molar-refractivity contribution in [1.82, 2.24) is 10.2 Å². The van der Waals surface area contributed by atoms with Crippen molar-refractivity contribution >= 4 is 11.6 Å². The number of aromatic amines is 1. The van der Waals surface area contributed by atoms with Crippen LogP contribution in [0.15, 0.2) is 24.3 Å². The van der Waals surface area contributed by atoms with Gasteiger partial charge in [-0.1, -0.05) is 0 Å². The molecule has 0 saturated heterocycles. The van der Waals surface area contributed by atoms with Crippen LogP contribution in [0.1, 0.15) is 27.3 Å². The highest BCUT2D eigenvalue weighted by atomic mass is 16.1. The number of anilines is 1. The number of carbonyl (C=O) groups excluding carboxylic acids is 1. The van der Waals surface area contributed by atoms with Gasteiger partial charge in [0.15, 0.2) is 0 Å². The van der Waals surface area contributed by atoms with E-state index in [1.807, 2.05) is 26.0 Å². The standard InChI is InChI=1S/C13H16N4O/c1-8-12(9(2)17-16-8)7-15-11-5-3-10(4-6-11)13(14)18/h3-6,15H,7H2,1-2H3,(H2,14,18)(H,16,17). The number of rotatable bonds is 4. The largest absolute Gasteiger partial charge is 0.381 e. The molecule has 0 spiro atoms. The Labute approximate surface area is 105 Å². The number of aromatic nitrogens is 2. The van der Waals surface area contributed by atoms with E-state index in [0.29, 0.717) is 12.1 Å². The summed E-state index contributed by atoms with van der Waals surface area (Å²) in [6, 6.07) is 7.09. The molecule has 5 nitrogen and oxygen atoms in total. The second kappa shape index (κ2) is 4.91. The van der Waals surface area contributed by atoms with Gasteiger partial charge < -0.3 is 11.1 Å². The maximum absolute atomic E-state index is 10.9. The third-order valence-corrected chi connectivity index (χ3v) is 2.92. The SMILES string of the molecule is Cc1n[nH]c(C)c1CNc1ccc(C(N)=O)cc1. The van der Waals surface area contributed by atoms with Gasteiger partial charge in [-0.05, 0) is 38.1 Å². The van der Waals surface area contributed by atoms with Crippen molar-refractivity contribution in [2.24, 2.45) is 5.73 Å². The van der Waals surface area contributed by atoms with Crippen molar-refractivity contribution in [1.29, 1.82) is 0 Å². The van der Waals surface area contributed by atoms with Crippen molar-refractivity contribution in [2.45, 2.75) is 20.4 Å².